The molecule has 0 aromatic rings. The lowest BCUT2D eigenvalue weighted by Crippen LogP contribution is -2.16. The molecule has 0 aliphatic heterocycles. The Labute approximate surface area is 122 Å². The zero-order valence-electron chi connectivity index (χ0n) is 11.4. The van der Waals surface area contributed by atoms with Gasteiger partial charge in [0.25, 0.3) is 0 Å². The Balaban J connectivity index is 2.31. The fraction of sp³-hybridized carbons (Fsp3) is 1.00. The normalized spacial score (nSPS) is 23.6. The van der Waals surface area contributed by atoms with Crippen LogP contribution in [-0.4, -0.2) is 6.61 Å². The van der Waals surface area contributed by atoms with Crippen LogP contribution in [0.3, 0.4) is 0 Å². The molecule has 1 aliphatic rings. The second-order valence-corrected chi connectivity index (χ2v) is 6.40. The zero-order valence-corrected chi connectivity index (χ0v) is 13.6. The van der Waals surface area contributed by atoms with Gasteiger partial charge >= 0.3 is 0 Å². The third-order valence-electron chi connectivity index (χ3n) is 4.28. The summed E-state index contributed by atoms with van der Waals surface area (Å²) >= 11 is 2.04. The Morgan fingerprint density at radius 3 is 1.71 bits per heavy atom. The molecule has 102 valence electrons. The van der Waals surface area contributed by atoms with Crippen LogP contribution in [0, 0.1) is 11.8 Å². The van der Waals surface area contributed by atoms with E-state index in [-0.39, 0.29) is 0 Å². The van der Waals surface area contributed by atoms with Gasteiger partial charge in [0, 0.05) is 0 Å². The lowest BCUT2D eigenvalue weighted by atomic mass is 9.84. The van der Waals surface area contributed by atoms with E-state index >= 15 is 0 Å². The first kappa shape index (κ1) is 15.7. The maximum absolute atomic E-state index is 5.30. The van der Waals surface area contributed by atoms with Gasteiger partial charge in [-0.25, -0.2) is 0 Å². The molecule has 1 aliphatic carbocycles. The van der Waals surface area contributed by atoms with Crippen LogP contribution >= 0.6 is 23.0 Å². The van der Waals surface area contributed by atoms with E-state index in [9.17, 15) is 0 Å². The summed E-state index contributed by atoms with van der Waals surface area (Å²) in [6.45, 7) is 3.31. The topological polar surface area (TPSA) is 9.23 Å². The lowest BCUT2D eigenvalue weighted by Gasteiger charge is -2.23. The smallest absolute Gasteiger partial charge is 0.109 e. The van der Waals surface area contributed by atoms with E-state index in [4.69, 9.17) is 3.07 Å². The summed E-state index contributed by atoms with van der Waals surface area (Å²) in [5.41, 5.74) is 0. The van der Waals surface area contributed by atoms with Crippen molar-refractivity contribution < 1.29 is 3.07 Å². The first-order chi connectivity index (χ1) is 8.34. The Kier molecular flexibility index (Phi) is 9.82. The molecule has 0 bridgehead atoms. The fourth-order valence-electron chi connectivity index (χ4n) is 3.00. The standard InChI is InChI=1S/C15H29IO/c1-14(13-17-16)15-11-9-7-5-3-2-4-6-8-10-12-15/h14-15H,2-13H2,1H3. The Bertz CT molecular complexity index is 160. The van der Waals surface area contributed by atoms with Gasteiger partial charge in [0.15, 0.2) is 0 Å². The quantitative estimate of drug-likeness (QED) is 0.574. The van der Waals surface area contributed by atoms with Crippen LogP contribution < -0.4 is 0 Å². The monoisotopic (exact) mass is 352 g/mol. The minimum absolute atomic E-state index is 0.745. The molecule has 1 fully saturated rings. The van der Waals surface area contributed by atoms with Crippen molar-refractivity contribution in [3.05, 3.63) is 0 Å². The summed E-state index contributed by atoms with van der Waals surface area (Å²) in [6, 6.07) is 0. The highest BCUT2D eigenvalue weighted by Crippen LogP contribution is 2.27. The molecule has 2 heteroatoms. The largest absolute Gasteiger partial charge is 0.316 e. The van der Waals surface area contributed by atoms with Crippen LogP contribution in [0.15, 0.2) is 0 Å². The highest BCUT2D eigenvalue weighted by Gasteiger charge is 2.17. The number of hydrogen-bond donors (Lipinski definition) is 0. The molecule has 1 nitrogen and oxygen atoms in total. The van der Waals surface area contributed by atoms with E-state index in [1.54, 1.807) is 0 Å². The van der Waals surface area contributed by atoms with Crippen LogP contribution in [0.2, 0.25) is 0 Å². The van der Waals surface area contributed by atoms with Crippen molar-refractivity contribution in [2.75, 3.05) is 6.61 Å². The van der Waals surface area contributed by atoms with Gasteiger partial charge in [-0.3, -0.25) is 0 Å². The predicted octanol–water partition coefficient (Wildman–Crippen LogP) is 5.91. The van der Waals surface area contributed by atoms with Crippen molar-refractivity contribution >= 4 is 23.0 Å². The molecule has 0 heterocycles. The third-order valence-corrected chi connectivity index (χ3v) is 4.64. The highest BCUT2D eigenvalue weighted by atomic mass is 127. The molecule has 0 aromatic heterocycles. The van der Waals surface area contributed by atoms with Crippen LogP contribution in [-0.2, 0) is 3.07 Å². The lowest BCUT2D eigenvalue weighted by molar-refractivity contribution is 0.224. The zero-order chi connectivity index (χ0) is 12.3. The molecule has 1 unspecified atom stereocenters. The van der Waals surface area contributed by atoms with E-state index in [1.807, 2.05) is 23.0 Å². The molecule has 0 spiro atoms. The van der Waals surface area contributed by atoms with Gasteiger partial charge < -0.3 is 3.07 Å². The molecule has 1 atom stereocenters. The summed E-state index contributed by atoms with van der Waals surface area (Å²) in [5, 5.41) is 0. The fourth-order valence-corrected chi connectivity index (χ4v) is 3.57. The summed E-state index contributed by atoms with van der Waals surface area (Å²) in [7, 11) is 0. The highest BCUT2D eigenvalue weighted by molar-refractivity contribution is 14.1. The Morgan fingerprint density at radius 1 is 0.882 bits per heavy atom. The second-order valence-electron chi connectivity index (χ2n) is 5.77. The molecule has 1 saturated carbocycles. The molecule has 0 radical (unpaired) electrons. The third kappa shape index (κ3) is 7.66. The van der Waals surface area contributed by atoms with Crippen LogP contribution in [0.1, 0.15) is 77.6 Å². The van der Waals surface area contributed by atoms with Crippen LogP contribution in [0.25, 0.3) is 0 Å². The average Bonchev–Trinajstić information content (AvgIpc) is 2.30. The summed E-state index contributed by atoms with van der Waals surface area (Å²) < 4.78 is 5.30. The van der Waals surface area contributed by atoms with Crippen LogP contribution in [0.4, 0.5) is 0 Å². The van der Waals surface area contributed by atoms with Gasteiger partial charge in [-0.1, -0.05) is 77.6 Å². The van der Waals surface area contributed by atoms with Crippen LogP contribution in [0.5, 0.6) is 0 Å². The first-order valence-electron chi connectivity index (χ1n) is 7.58. The van der Waals surface area contributed by atoms with Crippen molar-refractivity contribution in [1.82, 2.24) is 0 Å². The predicted molar refractivity (Wildman–Crippen MR) is 83.4 cm³/mol. The molecular formula is C15H29IO. The average molecular weight is 352 g/mol. The summed E-state index contributed by atoms with van der Waals surface area (Å²) in [6.07, 6.45) is 16.0. The SMILES string of the molecule is CC(COI)C1CCCCCCCCCCC1. The number of rotatable bonds is 3. The minimum Gasteiger partial charge on any atom is -0.316 e. The van der Waals surface area contributed by atoms with E-state index < -0.39 is 0 Å². The van der Waals surface area contributed by atoms with E-state index in [0.29, 0.717) is 0 Å². The van der Waals surface area contributed by atoms with Gasteiger partial charge in [-0.05, 0) is 11.8 Å². The first-order valence-corrected chi connectivity index (χ1v) is 8.46. The van der Waals surface area contributed by atoms with E-state index in [1.165, 1.54) is 70.6 Å². The van der Waals surface area contributed by atoms with Gasteiger partial charge in [-0.15, -0.1) is 0 Å². The van der Waals surface area contributed by atoms with Gasteiger partial charge in [-0.2, -0.15) is 0 Å². The van der Waals surface area contributed by atoms with E-state index in [0.717, 1.165) is 18.4 Å². The summed E-state index contributed by atoms with van der Waals surface area (Å²) in [5.74, 6) is 1.65. The van der Waals surface area contributed by atoms with Crippen molar-refractivity contribution in [3.8, 4) is 0 Å². The second kappa shape index (κ2) is 10.6. The number of halogens is 1. The molecule has 0 aromatic carbocycles. The molecule has 17 heavy (non-hydrogen) atoms. The van der Waals surface area contributed by atoms with Gasteiger partial charge in [0.2, 0.25) is 0 Å². The van der Waals surface area contributed by atoms with Crippen molar-refractivity contribution in [2.24, 2.45) is 11.8 Å². The van der Waals surface area contributed by atoms with Gasteiger partial charge in [0.05, 0.1) is 6.61 Å². The maximum atomic E-state index is 5.30. The molecular weight excluding hydrogens is 323 g/mol. The molecule has 1 rings (SSSR count). The Hall–Kier alpha value is 0.690. The van der Waals surface area contributed by atoms with Crippen molar-refractivity contribution in [1.29, 1.82) is 0 Å². The summed E-state index contributed by atoms with van der Waals surface area (Å²) in [4.78, 5) is 0. The maximum Gasteiger partial charge on any atom is 0.109 e. The molecule has 0 amide bonds. The van der Waals surface area contributed by atoms with Gasteiger partial charge in [0.1, 0.15) is 23.0 Å². The number of hydrogen-bond acceptors (Lipinski definition) is 1. The van der Waals surface area contributed by atoms with Crippen molar-refractivity contribution in [3.63, 3.8) is 0 Å². The van der Waals surface area contributed by atoms with E-state index in [2.05, 4.69) is 6.92 Å². The van der Waals surface area contributed by atoms with Crippen molar-refractivity contribution in [2.45, 2.75) is 77.6 Å². The molecule has 0 saturated heterocycles. The minimum atomic E-state index is 0.745. The molecule has 0 N–H and O–H groups in total. The Morgan fingerprint density at radius 2 is 1.29 bits per heavy atom.